The SMILES string of the molecule is O=C1CCCC/C1=C1\C(=O)Nc2cc(F)ccc21. The average molecular weight is 245 g/mol. The van der Waals surface area contributed by atoms with Crippen molar-refractivity contribution in [2.24, 2.45) is 0 Å². The molecule has 3 rings (SSSR count). The number of Topliss-reactive ketones (excluding diaryl/α,β-unsaturated/α-hetero) is 1. The van der Waals surface area contributed by atoms with Crippen LogP contribution in [0.25, 0.3) is 5.57 Å². The maximum absolute atomic E-state index is 13.1. The van der Waals surface area contributed by atoms with Gasteiger partial charge in [0.05, 0.1) is 11.3 Å². The molecule has 0 spiro atoms. The Morgan fingerprint density at radius 2 is 1.89 bits per heavy atom. The van der Waals surface area contributed by atoms with Gasteiger partial charge in [-0.1, -0.05) is 0 Å². The van der Waals surface area contributed by atoms with Crippen LogP contribution in [0.15, 0.2) is 23.8 Å². The Bertz CT molecular complexity index is 589. The summed E-state index contributed by atoms with van der Waals surface area (Å²) in [6, 6.07) is 4.16. The number of anilines is 1. The maximum atomic E-state index is 13.1. The molecule has 1 aliphatic carbocycles. The zero-order chi connectivity index (χ0) is 12.7. The topological polar surface area (TPSA) is 46.2 Å². The zero-order valence-electron chi connectivity index (χ0n) is 9.75. The third-order valence-corrected chi connectivity index (χ3v) is 3.45. The minimum Gasteiger partial charge on any atom is -0.321 e. The van der Waals surface area contributed by atoms with E-state index >= 15 is 0 Å². The summed E-state index contributed by atoms with van der Waals surface area (Å²) < 4.78 is 13.1. The van der Waals surface area contributed by atoms with Crippen LogP contribution in [0.3, 0.4) is 0 Å². The van der Waals surface area contributed by atoms with Crippen LogP contribution in [-0.4, -0.2) is 11.7 Å². The van der Waals surface area contributed by atoms with Crippen LogP contribution in [-0.2, 0) is 9.59 Å². The van der Waals surface area contributed by atoms with Gasteiger partial charge in [-0.25, -0.2) is 4.39 Å². The molecule has 18 heavy (non-hydrogen) atoms. The van der Waals surface area contributed by atoms with Crippen LogP contribution >= 0.6 is 0 Å². The molecule has 1 saturated carbocycles. The summed E-state index contributed by atoms with van der Waals surface area (Å²) in [5.74, 6) is -0.639. The Balaban J connectivity index is 2.16. The van der Waals surface area contributed by atoms with Gasteiger partial charge in [-0.15, -0.1) is 0 Å². The van der Waals surface area contributed by atoms with E-state index in [0.29, 0.717) is 35.2 Å². The van der Waals surface area contributed by atoms with Crippen LogP contribution in [0, 0.1) is 5.82 Å². The number of halogens is 1. The lowest BCUT2D eigenvalue weighted by Crippen LogP contribution is -2.14. The molecule has 3 nitrogen and oxygen atoms in total. The van der Waals surface area contributed by atoms with Crippen LogP contribution in [0.2, 0.25) is 0 Å². The van der Waals surface area contributed by atoms with E-state index in [9.17, 15) is 14.0 Å². The van der Waals surface area contributed by atoms with Crippen molar-refractivity contribution < 1.29 is 14.0 Å². The normalized spacial score (nSPS) is 22.9. The monoisotopic (exact) mass is 245 g/mol. The number of ketones is 1. The highest BCUT2D eigenvalue weighted by Crippen LogP contribution is 2.37. The summed E-state index contributed by atoms with van der Waals surface area (Å²) in [6.07, 6.45) is 2.95. The molecule has 0 radical (unpaired) electrons. The smallest absolute Gasteiger partial charge is 0.256 e. The molecule has 0 unspecified atom stereocenters. The van der Waals surface area contributed by atoms with Gasteiger partial charge in [0.25, 0.3) is 5.91 Å². The molecule has 1 aromatic carbocycles. The summed E-state index contributed by atoms with van der Waals surface area (Å²) in [6.45, 7) is 0. The fraction of sp³-hybridized carbons (Fsp3) is 0.286. The van der Waals surface area contributed by atoms with Gasteiger partial charge in [0.2, 0.25) is 0 Å². The molecule has 1 fully saturated rings. The fourth-order valence-electron chi connectivity index (χ4n) is 2.59. The first-order valence-electron chi connectivity index (χ1n) is 6.04. The average Bonchev–Trinajstić information content (AvgIpc) is 2.65. The fourth-order valence-corrected chi connectivity index (χ4v) is 2.59. The number of rotatable bonds is 0. The minimum absolute atomic E-state index is 0.0450. The number of allylic oxidation sites excluding steroid dienone is 1. The molecule has 0 saturated heterocycles. The number of carbonyl (C=O) groups is 2. The molecule has 1 aliphatic heterocycles. The third-order valence-electron chi connectivity index (χ3n) is 3.45. The Labute approximate surface area is 104 Å². The molecule has 0 aromatic heterocycles. The van der Waals surface area contributed by atoms with E-state index in [-0.39, 0.29) is 11.7 Å². The zero-order valence-corrected chi connectivity index (χ0v) is 9.75. The first-order chi connectivity index (χ1) is 8.66. The molecule has 92 valence electrons. The van der Waals surface area contributed by atoms with E-state index in [1.54, 1.807) is 6.07 Å². The van der Waals surface area contributed by atoms with Crippen molar-refractivity contribution in [3.8, 4) is 0 Å². The second-order valence-corrected chi connectivity index (χ2v) is 4.63. The molecular formula is C14H12FNO2. The summed E-state index contributed by atoms with van der Waals surface area (Å²) in [7, 11) is 0. The van der Waals surface area contributed by atoms with Gasteiger partial charge in [0, 0.05) is 17.6 Å². The predicted octanol–water partition coefficient (Wildman–Crippen LogP) is 2.67. The molecule has 0 atom stereocenters. The number of fused-ring (bicyclic) bond motifs is 1. The molecule has 1 N–H and O–H groups in total. The maximum Gasteiger partial charge on any atom is 0.256 e. The summed E-state index contributed by atoms with van der Waals surface area (Å²) >= 11 is 0. The van der Waals surface area contributed by atoms with Gasteiger partial charge in [-0.2, -0.15) is 0 Å². The van der Waals surface area contributed by atoms with Gasteiger partial charge in [-0.05, 0) is 37.5 Å². The number of hydrogen-bond acceptors (Lipinski definition) is 2. The summed E-state index contributed by atoms with van der Waals surface area (Å²) in [5.41, 5.74) is 2.14. The van der Waals surface area contributed by atoms with E-state index in [1.807, 2.05) is 0 Å². The van der Waals surface area contributed by atoms with Crippen LogP contribution in [0.5, 0.6) is 0 Å². The Kier molecular flexibility index (Phi) is 2.51. The van der Waals surface area contributed by atoms with E-state index in [2.05, 4.69) is 5.32 Å². The van der Waals surface area contributed by atoms with Gasteiger partial charge in [0.15, 0.2) is 5.78 Å². The quantitative estimate of drug-likeness (QED) is 0.714. The Morgan fingerprint density at radius 1 is 1.11 bits per heavy atom. The summed E-state index contributed by atoms with van der Waals surface area (Å²) in [5, 5.41) is 2.62. The van der Waals surface area contributed by atoms with Crippen molar-refractivity contribution in [2.45, 2.75) is 25.7 Å². The van der Waals surface area contributed by atoms with E-state index < -0.39 is 5.82 Å². The lowest BCUT2D eigenvalue weighted by molar-refractivity contribution is -0.117. The van der Waals surface area contributed by atoms with Gasteiger partial charge >= 0.3 is 0 Å². The first kappa shape index (κ1) is 11.1. The van der Waals surface area contributed by atoms with Crippen molar-refractivity contribution in [1.82, 2.24) is 0 Å². The van der Waals surface area contributed by atoms with Gasteiger partial charge in [-0.3, -0.25) is 9.59 Å². The number of carbonyl (C=O) groups excluding carboxylic acids is 2. The standard InChI is InChI=1S/C14H12FNO2/c15-8-5-6-9-11(7-8)16-14(18)13(9)10-3-1-2-4-12(10)17/h5-7H,1-4H2,(H,16,18)/b13-10+. The van der Waals surface area contributed by atoms with Crippen molar-refractivity contribution in [1.29, 1.82) is 0 Å². The van der Waals surface area contributed by atoms with E-state index in [1.165, 1.54) is 12.1 Å². The van der Waals surface area contributed by atoms with Crippen LogP contribution < -0.4 is 5.32 Å². The van der Waals surface area contributed by atoms with Crippen molar-refractivity contribution in [2.75, 3.05) is 5.32 Å². The van der Waals surface area contributed by atoms with Gasteiger partial charge < -0.3 is 5.32 Å². The number of amides is 1. The summed E-state index contributed by atoms with van der Waals surface area (Å²) in [4.78, 5) is 23.8. The number of hydrogen-bond donors (Lipinski definition) is 1. The van der Waals surface area contributed by atoms with Gasteiger partial charge in [0.1, 0.15) is 5.82 Å². The molecular weight excluding hydrogens is 233 g/mol. The molecule has 2 aliphatic rings. The van der Waals surface area contributed by atoms with Crippen LogP contribution in [0.4, 0.5) is 10.1 Å². The lowest BCUT2D eigenvalue weighted by atomic mass is 9.88. The van der Waals surface area contributed by atoms with E-state index in [0.717, 1.165) is 12.8 Å². The predicted molar refractivity (Wildman–Crippen MR) is 65.4 cm³/mol. The molecule has 1 aromatic rings. The lowest BCUT2D eigenvalue weighted by Gasteiger charge is -2.14. The Morgan fingerprint density at radius 3 is 2.67 bits per heavy atom. The second kappa shape index (κ2) is 4.05. The molecule has 1 heterocycles. The van der Waals surface area contributed by atoms with Crippen molar-refractivity contribution >= 4 is 23.0 Å². The highest BCUT2D eigenvalue weighted by Gasteiger charge is 2.30. The first-order valence-corrected chi connectivity index (χ1v) is 6.04. The molecule has 0 bridgehead atoms. The van der Waals surface area contributed by atoms with Crippen molar-refractivity contribution in [3.05, 3.63) is 35.2 Å². The number of nitrogens with one attached hydrogen (secondary N) is 1. The highest BCUT2D eigenvalue weighted by molar-refractivity contribution is 6.35. The molecule has 1 amide bonds. The molecule has 4 heteroatoms. The number of benzene rings is 1. The van der Waals surface area contributed by atoms with E-state index in [4.69, 9.17) is 0 Å². The largest absolute Gasteiger partial charge is 0.321 e. The van der Waals surface area contributed by atoms with Crippen LogP contribution in [0.1, 0.15) is 31.2 Å². The second-order valence-electron chi connectivity index (χ2n) is 4.63. The highest BCUT2D eigenvalue weighted by atomic mass is 19.1. The third kappa shape index (κ3) is 1.65. The van der Waals surface area contributed by atoms with Crippen molar-refractivity contribution in [3.63, 3.8) is 0 Å². The Hall–Kier alpha value is -1.97. The minimum atomic E-state index is -0.393.